The SMILES string of the molecule is C=CCn1c(SCC(=O)Nc2nnc(CC)s2)nnc1-c1ccccc1Cl. The Labute approximate surface area is 169 Å². The molecule has 0 spiro atoms. The summed E-state index contributed by atoms with van der Waals surface area (Å²) in [5, 5.41) is 21.7. The largest absolute Gasteiger partial charge is 0.300 e. The van der Waals surface area contributed by atoms with E-state index in [0.29, 0.717) is 27.7 Å². The van der Waals surface area contributed by atoms with Crippen molar-refractivity contribution in [1.29, 1.82) is 0 Å². The Morgan fingerprint density at radius 1 is 1.33 bits per heavy atom. The van der Waals surface area contributed by atoms with E-state index in [2.05, 4.69) is 32.3 Å². The lowest BCUT2D eigenvalue weighted by atomic mass is 10.2. The predicted molar refractivity (Wildman–Crippen MR) is 109 cm³/mol. The first-order valence-corrected chi connectivity index (χ1v) is 10.3. The lowest BCUT2D eigenvalue weighted by molar-refractivity contribution is -0.113. The van der Waals surface area contributed by atoms with Gasteiger partial charge in [-0.1, -0.05) is 59.8 Å². The van der Waals surface area contributed by atoms with Gasteiger partial charge in [0.1, 0.15) is 5.01 Å². The van der Waals surface area contributed by atoms with Gasteiger partial charge < -0.3 is 0 Å². The summed E-state index contributed by atoms with van der Waals surface area (Å²) in [6.45, 7) is 6.28. The Balaban J connectivity index is 1.72. The Bertz CT molecular complexity index is 955. The van der Waals surface area contributed by atoms with Crippen molar-refractivity contribution < 1.29 is 4.79 Å². The second-order valence-electron chi connectivity index (χ2n) is 5.38. The number of halogens is 1. The summed E-state index contributed by atoms with van der Waals surface area (Å²) in [6, 6.07) is 7.43. The van der Waals surface area contributed by atoms with Crippen LogP contribution in [0.2, 0.25) is 5.02 Å². The van der Waals surface area contributed by atoms with Crippen LogP contribution in [0.15, 0.2) is 42.1 Å². The highest BCUT2D eigenvalue weighted by Crippen LogP contribution is 2.29. The topological polar surface area (TPSA) is 85.6 Å². The molecule has 0 saturated carbocycles. The number of anilines is 1. The van der Waals surface area contributed by atoms with Crippen LogP contribution in [0, 0.1) is 0 Å². The number of allylic oxidation sites excluding steroid dienone is 1. The highest BCUT2D eigenvalue weighted by atomic mass is 35.5. The standard InChI is InChI=1S/C17H17ClN6OS2/c1-3-9-24-15(11-7-5-6-8-12(11)18)21-23-17(24)26-10-13(25)19-16-22-20-14(4-2)27-16/h3,5-8H,1,4,9-10H2,2H3,(H,19,22,25). The van der Waals surface area contributed by atoms with E-state index < -0.39 is 0 Å². The van der Waals surface area contributed by atoms with Crippen molar-refractivity contribution in [2.24, 2.45) is 0 Å². The minimum Gasteiger partial charge on any atom is -0.300 e. The average Bonchev–Trinajstić information content (AvgIpc) is 3.28. The number of benzene rings is 1. The number of amides is 1. The van der Waals surface area contributed by atoms with Gasteiger partial charge in [-0.15, -0.1) is 27.0 Å². The monoisotopic (exact) mass is 420 g/mol. The first kappa shape index (κ1) is 19.5. The average molecular weight is 421 g/mol. The summed E-state index contributed by atoms with van der Waals surface area (Å²) in [6.07, 6.45) is 2.54. The molecule has 0 aliphatic carbocycles. The third-order valence-electron chi connectivity index (χ3n) is 3.49. The quantitative estimate of drug-likeness (QED) is 0.439. The zero-order valence-corrected chi connectivity index (χ0v) is 16.9. The van der Waals surface area contributed by atoms with Crippen LogP contribution in [0.4, 0.5) is 5.13 Å². The molecule has 1 aromatic carbocycles. The van der Waals surface area contributed by atoms with Crippen LogP contribution < -0.4 is 5.32 Å². The van der Waals surface area contributed by atoms with Crippen molar-refractivity contribution in [3.63, 3.8) is 0 Å². The van der Waals surface area contributed by atoms with E-state index in [-0.39, 0.29) is 11.7 Å². The van der Waals surface area contributed by atoms with Gasteiger partial charge in [0.05, 0.1) is 10.8 Å². The van der Waals surface area contributed by atoms with Crippen LogP contribution in [0.5, 0.6) is 0 Å². The number of nitrogens with zero attached hydrogens (tertiary/aromatic N) is 5. The number of aryl methyl sites for hydroxylation is 1. The number of nitrogens with one attached hydrogen (secondary N) is 1. The number of carbonyl (C=O) groups is 1. The van der Waals surface area contributed by atoms with E-state index in [1.54, 1.807) is 12.1 Å². The molecule has 1 amide bonds. The molecule has 10 heteroatoms. The van der Waals surface area contributed by atoms with Crippen molar-refractivity contribution in [1.82, 2.24) is 25.0 Å². The Hall–Kier alpha value is -2.23. The summed E-state index contributed by atoms with van der Waals surface area (Å²) in [4.78, 5) is 12.2. The van der Waals surface area contributed by atoms with Crippen LogP contribution in [-0.2, 0) is 17.8 Å². The Morgan fingerprint density at radius 3 is 2.85 bits per heavy atom. The number of rotatable bonds is 8. The first-order chi connectivity index (χ1) is 13.1. The van der Waals surface area contributed by atoms with Crippen molar-refractivity contribution >= 4 is 45.7 Å². The van der Waals surface area contributed by atoms with E-state index >= 15 is 0 Å². The molecule has 1 N–H and O–H groups in total. The fourth-order valence-corrected chi connectivity index (χ4v) is 3.93. The minimum absolute atomic E-state index is 0.175. The van der Waals surface area contributed by atoms with Gasteiger partial charge in [-0.25, -0.2) is 0 Å². The van der Waals surface area contributed by atoms with Gasteiger partial charge in [-0.3, -0.25) is 14.7 Å². The first-order valence-electron chi connectivity index (χ1n) is 8.16. The maximum Gasteiger partial charge on any atom is 0.236 e. The van der Waals surface area contributed by atoms with E-state index in [0.717, 1.165) is 17.0 Å². The number of hydrogen-bond acceptors (Lipinski definition) is 7. The molecule has 2 heterocycles. The molecule has 0 bridgehead atoms. The van der Waals surface area contributed by atoms with Gasteiger partial charge in [-0.2, -0.15) is 0 Å². The maximum atomic E-state index is 12.2. The fraction of sp³-hybridized carbons (Fsp3) is 0.235. The molecule has 7 nitrogen and oxygen atoms in total. The Morgan fingerprint density at radius 2 is 2.15 bits per heavy atom. The smallest absolute Gasteiger partial charge is 0.236 e. The molecular weight excluding hydrogens is 404 g/mol. The predicted octanol–water partition coefficient (Wildman–Crippen LogP) is 3.93. The molecule has 27 heavy (non-hydrogen) atoms. The van der Waals surface area contributed by atoms with Gasteiger partial charge >= 0.3 is 0 Å². The summed E-state index contributed by atoms with van der Waals surface area (Å²) in [7, 11) is 0. The van der Waals surface area contributed by atoms with Crippen molar-refractivity contribution in [3.05, 3.63) is 47.0 Å². The van der Waals surface area contributed by atoms with Gasteiger partial charge in [0.25, 0.3) is 0 Å². The van der Waals surface area contributed by atoms with Gasteiger partial charge in [0, 0.05) is 12.1 Å². The van der Waals surface area contributed by atoms with Crippen molar-refractivity contribution in [2.45, 2.75) is 25.0 Å². The molecule has 0 unspecified atom stereocenters. The summed E-state index contributed by atoms with van der Waals surface area (Å²) in [5.74, 6) is 0.644. The highest BCUT2D eigenvalue weighted by Gasteiger charge is 2.17. The van der Waals surface area contributed by atoms with E-state index in [1.807, 2.05) is 29.7 Å². The molecule has 0 fully saturated rings. The van der Waals surface area contributed by atoms with Crippen LogP contribution in [0.1, 0.15) is 11.9 Å². The molecule has 0 aliphatic heterocycles. The van der Waals surface area contributed by atoms with E-state index in [1.165, 1.54) is 23.1 Å². The molecule has 3 rings (SSSR count). The molecule has 2 aromatic heterocycles. The normalized spacial score (nSPS) is 10.7. The van der Waals surface area contributed by atoms with Gasteiger partial charge in [0.15, 0.2) is 11.0 Å². The zero-order valence-electron chi connectivity index (χ0n) is 14.6. The summed E-state index contributed by atoms with van der Waals surface area (Å²) >= 11 is 8.95. The zero-order chi connectivity index (χ0) is 19.2. The van der Waals surface area contributed by atoms with Gasteiger partial charge in [-0.05, 0) is 18.6 Å². The van der Waals surface area contributed by atoms with Crippen molar-refractivity contribution in [2.75, 3.05) is 11.1 Å². The highest BCUT2D eigenvalue weighted by molar-refractivity contribution is 7.99. The third-order valence-corrected chi connectivity index (χ3v) is 5.77. The second-order valence-corrected chi connectivity index (χ2v) is 7.79. The molecule has 0 aliphatic rings. The lowest BCUT2D eigenvalue weighted by Gasteiger charge is -2.08. The summed E-state index contributed by atoms with van der Waals surface area (Å²) in [5.41, 5.74) is 0.783. The van der Waals surface area contributed by atoms with Crippen LogP contribution >= 0.6 is 34.7 Å². The number of aromatic nitrogens is 5. The lowest BCUT2D eigenvalue weighted by Crippen LogP contribution is -2.14. The minimum atomic E-state index is -0.175. The number of hydrogen-bond donors (Lipinski definition) is 1. The van der Waals surface area contributed by atoms with Crippen LogP contribution in [-0.4, -0.2) is 36.6 Å². The molecular formula is C17H17ClN6OS2. The van der Waals surface area contributed by atoms with E-state index in [9.17, 15) is 4.79 Å². The Kier molecular flexibility index (Phi) is 6.59. The van der Waals surface area contributed by atoms with Gasteiger partial charge in [0.2, 0.25) is 11.0 Å². The van der Waals surface area contributed by atoms with Crippen LogP contribution in [0.3, 0.4) is 0 Å². The van der Waals surface area contributed by atoms with Crippen LogP contribution in [0.25, 0.3) is 11.4 Å². The third kappa shape index (κ3) is 4.74. The molecule has 0 saturated heterocycles. The van der Waals surface area contributed by atoms with E-state index in [4.69, 9.17) is 11.6 Å². The molecule has 140 valence electrons. The molecule has 3 aromatic rings. The summed E-state index contributed by atoms with van der Waals surface area (Å²) < 4.78 is 1.88. The molecule has 0 radical (unpaired) electrons. The van der Waals surface area contributed by atoms with Crippen molar-refractivity contribution in [3.8, 4) is 11.4 Å². The fourth-order valence-electron chi connectivity index (χ4n) is 2.26. The molecule has 0 atom stereocenters. The maximum absolute atomic E-state index is 12.2. The number of carbonyl (C=O) groups excluding carboxylic acids is 1. The second kappa shape index (κ2) is 9.12. The number of thioether (sulfide) groups is 1.